The van der Waals surface area contributed by atoms with Crippen LogP contribution < -0.4 is 0 Å². The number of aromatic hydroxyl groups is 1. The summed E-state index contributed by atoms with van der Waals surface area (Å²) < 4.78 is 47.2. The van der Waals surface area contributed by atoms with Crippen LogP contribution in [0, 0.1) is 0 Å². The van der Waals surface area contributed by atoms with Crippen molar-refractivity contribution in [2.45, 2.75) is 6.18 Å². The molecule has 0 aliphatic carbocycles. The number of rotatable bonds is 3. The molecule has 0 bridgehead atoms. The number of methoxy groups -OCH3 is 2. The Hall–Kier alpha value is -3.03. The number of carbonyl (C=O) groups excluding carboxylic acids is 2. The largest absolute Gasteiger partial charge is 0.507 e. The molecule has 0 heterocycles. The number of esters is 2. The van der Waals surface area contributed by atoms with E-state index < -0.39 is 35.0 Å². The second-order valence-electron chi connectivity index (χ2n) is 4.94. The third-order valence-electron chi connectivity index (χ3n) is 3.49. The lowest BCUT2D eigenvalue weighted by molar-refractivity contribution is -0.137. The first-order valence-electron chi connectivity index (χ1n) is 6.91. The summed E-state index contributed by atoms with van der Waals surface area (Å²) in [6.45, 7) is 0. The number of phenols is 1. The quantitative estimate of drug-likeness (QED) is 0.852. The lowest BCUT2D eigenvalue weighted by atomic mass is 9.94. The number of ether oxygens (including phenoxy) is 2. The zero-order chi connectivity index (χ0) is 18.8. The molecule has 5 nitrogen and oxygen atoms in total. The van der Waals surface area contributed by atoms with E-state index in [1.165, 1.54) is 6.07 Å². The molecule has 2 rings (SSSR count). The Morgan fingerprint density at radius 1 is 0.880 bits per heavy atom. The predicted octanol–water partition coefficient (Wildman–Crippen LogP) is 3.65. The average Bonchev–Trinajstić information content (AvgIpc) is 2.59. The van der Waals surface area contributed by atoms with Gasteiger partial charge in [0.2, 0.25) is 0 Å². The summed E-state index contributed by atoms with van der Waals surface area (Å²) in [6.07, 6.45) is -4.50. The Bertz CT molecular complexity index is 810. The van der Waals surface area contributed by atoms with E-state index in [0.717, 1.165) is 44.6 Å². The Morgan fingerprint density at radius 3 is 1.88 bits per heavy atom. The maximum absolute atomic E-state index is 12.7. The molecule has 25 heavy (non-hydrogen) atoms. The lowest BCUT2D eigenvalue weighted by Crippen LogP contribution is -2.14. The second-order valence-corrected chi connectivity index (χ2v) is 4.94. The molecule has 0 aliphatic rings. The Morgan fingerprint density at radius 2 is 1.40 bits per heavy atom. The van der Waals surface area contributed by atoms with E-state index in [9.17, 15) is 27.9 Å². The molecule has 0 spiro atoms. The van der Waals surface area contributed by atoms with Gasteiger partial charge in [0.1, 0.15) is 11.3 Å². The third kappa shape index (κ3) is 3.57. The normalized spacial score (nSPS) is 11.1. The summed E-state index contributed by atoms with van der Waals surface area (Å²) in [5.41, 5.74) is -1.22. The van der Waals surface area contributed by atoms with E-state index in [2.05, 4.69) is 9.47 Å². The van der Waals surface area contributed by atoms with Crippen molar-refractivity contribution in [2.24, 2.45) is 0 Å². The molecule has 2 aromatic rings. The van der Waals surface area contributed by atoms with Crippen LogP contribution in [0.25, 0.3) is 11.1 Å². The summed E-state index contributed by atoms with van der Waals surface area (Å²) in [7, 11) is 2.14. The number of hydrogen-bond donors (Lipinski definition) is 1. The van der Waals surface area contributed by atoms with Gasteiger partial charge in [-0.05, 0) is 35.4 Å². The highest BCUT2D eigenvalue weighted by Gasteiger charge is 2.31. The SMILES string of the molecule is COC(=O)c1c(O)ccc(-c2ccc(C(F)(F)F)cc2)c1C(=O)OC. The minimum atomic E-state index is -4.50. The number of hydrogen-bond acceptors (Lipinski definition) is 5. The Labute approximate surface area is 140 Å². The van der Waals surface area contributed by atoms with E-state index in [4.69, 9.17) is 0 Å². The topological polar surface area (TPSA) is 72.8 Å². The number of halogens is 3. The van der Waals surface area contributed by atoms with Crippen LogP contribution in [0.4, 0.5) is 13.2 Å². The Balaban J connectivity index is 2.69. The molecule has 0 saturated heterocycles. The highest BCUT2D eigenvalue weighted by atomic mass is 19.4. The van der Waals surface area contributed by atoms with Crippen LogP contribution in [0.3, 0.4) is 0 Å². The molecule has 0 fully saturated rings. The second kappa shape index (κ2) is 6.84. The Kier molecular flexibility index (Phi) is 5.01. The number of alkyl halides is 3. The van der Waals surface area contributed by atoms with Crippen LogP contribution in [0.2, 0.25) is 0 Å². The van der Waals surface area contributed by atoms with Gasteiger partial charge < -0.3 is 14.6 Å². The molecule has 0 saturated carbocycles. The molecular formula is C17H13F3O5. The molecule has 1 N–H and O–H groups in total. The molecule has 0 aliphatic heterocycles. The smallest absolute Gasteiger partial charge is 0.416 e. The summed E-state index contributed by atoms with van der Waals surface area (Å²) in [6, 6.07) is 6.45. The highest BCUT2D eigenvalue weighted by molar-refractivity contribution is 6.09. The van der Waals surface area contributed by atoms with Crippen molar-refractivity contribution in [2.75, 3.05) is 14.2 Å². The number of phenolic OH excluding ortho intramolecular Hbond substituents is 1. The van der Waals surface area contributed by atoms with Crippen LogP contribution in [-0.2, 0) is 15.7 Å². The fourth-order valence-corrected chi connectivity index (χ4v) is 2.29. The van der Waals surface area contributed by atoms with Gasteiger partial charge in [0.25, 0.3) is 0 Å². The molecule has 0 atom stereocenters. The molecule has 0 amide bonds. The summed E-state index contributed by atoms with van der Waals surface area (Å²) in [4.78, 5) is 24.0. The van der Waals surface area contributed by atoms with Crippen molar-refractivity contribution in [3.05, 3.63) is 53.1 Å². The minimum Gasteiger partial charge on any atom is -0.507 e. The van der Waals surface area contributed by atoms with Gasteiger partial charge >= 0.3 is 18.1 Å². The van der Waals surface area contributed by atoms with E-state index in [0.29, 0.717) is 0 Å². The summed E-state index contributed by atoms with van der Waals surface area (Å²) >= 11 is 0. The standard InChI is InChI=1S/C17H13F3O5/c1-24-15(22)13-11(7-8-12(21)14(13)16(23)25-2)9-3-5-10(6-4-9)17(18,19)20/h3-8,21H,1-2H3. The first-order chi connectivity index (χ1) is 11.7. The molecule has 132 valence electrons. The molecule has 8 heteroatoms. The number of benzene rings is 2. The molecule has 0 unspecified atom stereocenters. The van der Waals surface area contributed by atoms with Crippen molar-refractivity contribution in [3.63, 3.8) is 0 Å². The first-order valence-corrected chi connectivity index (χ1v) is 6.91. The maximum atomic E-state index is 12.7. The zero-order valence-electron chi connectivity index (χ0n) is 13.2. The van der Waals surface area contributed by atoms with Crippen molar-refractivity contribution in [1.29, 1.82) is 0 Å². The van der Waals surface area contributed by atoms with E-state index in [1.807, 2.05) is 0 Å². The van der Waals surface area contributed by atoms with Gasteiger partial charge in [0.05, 0.1) is 25.3 Å². The van der Waals surface area contributed by atoms with Crippen LogP contribution >= 0.6 is 0 Å². The van der Waals surface area contributed by atoms with Gasteiger partial charge in [0.15, 0.2) is 0 Å². The highest BCUT2D eigenvalue weighted by Crippen LogP contribution is 2.35. The summed E-state index contributed by atoms with van der Waals surface area (Å²) in [5, 5.41) is 9.90. The minimum absolute atomic E-state index is 0.124. The van der Waals surface area contributed by atoms with Crippen molar-refractivity contribution >= 4 is 11.9 Å². The average molecular weight is 354 g/mol. The maximum Gasteiger partial charge on any atom is 0.416 e. The lowest BCUT2D eigenvalue weighted by Gasteiger charge is -2.14. The van der Waals surface area contributed by atoms with Gasteiger partial charge in [-0.15, -0.1) is 0 Å². The predicted molar refractivity (Wildman–Crippen MR) is 81.2 cm³/mol. The van der Waals surface area contributed by atoms with Gasteiger partial charge in [-0.2, -0.15) is 13.2 Å². The van der Waals surface area contributed by atoms with Crippen LogP contribution in [0.5, 0.6) is 5.75 Å². The molecular weight excluding hydrogens is 341 g/mol. The van der Waals surface area contributed by atoms with E-state index in [-0.39, 0.29) is 16.7 Å². The molecule has 0 radical (unpaired) electrons. The van der Waals surface area contributed by atoms with Crippen molar-refractivity contribution in [3.8, 4) is 16.9 Å². The molecule has 2 aromatic carbocycles. The van der Waals surface area contributed by atoms with Crippen LogP contribution in [0.15, 0.2) is 36.4 Å². The van der Waals surface area contributed by atoms with Gasteiger partial charge in [-0.3, -0.25) is 0 Å². The van der Waals surface area contributed by atoms with Gasteiger partial charge in [-0.25, -0.2) is 9.59 Å². The van der Waals surface area contributed by atoms with E-state index >= 15 is 0 Å². The van der Waals surface area contributed by atoms with Crippen LogP contribution in [-0.4, -0.2) is 31.3 Å². The monoisotopic (exact) mass is 354 g/mol. The van der Waals surface area contributed by atoms with Gasteiger partial charge in [-0.1, -0.05) is 12.1 Å². The van der Waals surface area contributed by atoms with Crippen molar-refractivity contribution in [1.82, 2.24) is 0 Å². The molecule has 0 aromatic heterocycles. The van der Waals surface area contributed by atoms with Gasteiger partial charge in [0, 0.05) is 0 Å². The fourth-order valence-electron chi connectivity index (χ4n) is 2.29. The first kappa shape index (κ1) is 18.3. The number of carbonyl (C=O) groups is 2. The zero-order valence-corrected chi connectivity index (χ0v) is 13.2. The van der Waals surface area contributed by atoms with Crippen LogP contribution in [0.1, 0.15) is 26.3 Å². The fraction of sp³-hybridized carbons (Fsp3) is 0.176. The third-order valence-corrected chi connectivity index (χ3v) is 3.49. The van der Waals surface area contributed by atoms with Crippen molar-refractivity contribution < 1.29 is 37.3 Å². The van der Waals surface area contributed by atoms with E-state index in [1.54, 1.807) is 0 Å². The summed E-state index contributed by atoms with van der Waals surface area (Å²) in [5.74, 6) is -2.43.